The Balaban J connectivity index is 2.02. The van der Waals surface area contributed by atoms with Crippen LogP contribution in [0.25, 0.3) is 0 Å². The molecule has 18 heavy (non-hydrogen) atoms. The van der Waals surface area contributed by atoms with Crippen LogP contribution in [0.5, 0.6) is 0 Å². The molecular formula is C13H10ClFN2S. The molecule has 2 atom stereocenters. The van der Waals surface area contributed by atoms with E-state index in [-0.39, 0.29) is 12.1 Å². The number of imidazole rings is 1. The summed E-state index contributed by atoms with van der Waals surface area (Å²) < 4.78 is 41.5. The predicted molar refractivity (Wildman–Crippen MR) is 70.1 cm³/mol. The molecule has 1 aliphatic heterocycles. The Labute approximate surface area is 118 Å². The maximum Gasteiger partial charge on any atom is 0.177 e. The summed E-state index contributed by atoms with van der Waals surface area (Å²) >= 11 is 11.1. The van der Waals surface area contributed by atoms with Gasteiger partial charge in [0, 0.05) is 38.9 Å². The Hall–Kier alpha value is -1.13. The highest BCUT2D eigenvalue weighted by molar-refractivity contribution is 7.71. The van der Waals surface area contributed by atoms with Gasteiger partial charge in [-0.25, -0.2) is 4.39 Å². The zero-order valence-corrected chi connectivity index (χ0v) is 10.7. The third kappa shape index (κ3) is 1.20. The molecule has 2 unspecified atom stereocenters. The van der Waals surface area contributed by atoms with E-state index in [0.717, 1.165) is 0 Å². The third-order valence-corrected chi connectivity index (χ3v) is 4.18. The van der Waals surface area contributed by atoms with Crippen molar-refractivity contribution < 1.29 is 8.50 Å². The smallest absolute Gasteiger partial charge is 0.177 e. The van der Waals surface area contributed by atoms with E-state index in [1.165, 1.54) is 18.2 Å². The fraction of sp³-hybridized carbons (Fsp3) is 0.308. The van der Waals surface area contributed by atoms with Crippen molar-refractivity contribution in [2.75, 3.05) is 0 Å². The quantitative estimate of drug-likeness (QED) is 0.790. The normalized spacial score (nSPS) is 37.3. The highest BCUT2D eigenvalue weighted by Crippen LogP contribution is 2.65. The zero-order valence-electron chi connectivity index (χ0n) is 12.1. The van der Waals surface area contributed by atoms with Crippen molar-refractivity contribution in [3.05, 3.63) is 51.3 Å². The van der Waals surface area contributed by atoms with E-state index in [9.17, 15) is 4.39 Å². The Morgan fingerprint density at radius 2 is 2.50 bits per heavy atom. The largest absolute Gasteiger partial charge is 0.337 e. The van der Waals surface area contributed by atoms with Crippen LogP contribution in [0.15, 0.2) is 24.4 Å². The van der Waals surface area contributed by atoms with Crippen LogP contribution in [-0.2, 0) is 12.0 Å². The predicted octanol–water partition coefficient (Wildman–Crippen LogP) is 3.78. The number of benzene rings is 1. The number of H-pyrrole nitrogens is 1. The van der Waals surface area contributed by atoms with Gasteiger partial charge in [-0.15, -0.1) is 0 Å². The van der Waals surface area contributed by atoms with Gasteiger partial charge < -0.3 is 9.55 Å². The molecule has 92 valence electrons. The van der Waals surface area contributed by atoms with Crippen LogP contribution in [0.2, 0.25) is 5.02 Å². The minimum Gasteiger partial charge on any atom is -0.337 e. The van der Waals surface area contributed by atoms with E-state index in [0.29, 0.717) is 15.5 Å². The van der Waals surface area contributed by atoms with Gasteiger partial charge in [-0.2, -0.15) is 0 Å². The van der Waals surface area contributed by atoms with Crippen LogP contribution in [0.3, 0.4) is 0 Å². The Morgan fingerprint density at radius 3 is 3.33 bits per heavy atom. The van der Waals surface area contributed by atoms with Gasteiger partial charge in [-0.1, -0.05) is 11.6 Å². The lowest BCUT2D eigenvalue weighted by atomic mass is 9.94. The van der Waals surface area contributed by atoms with Crippen molar-refractivity contribution in [2.24, 2.45) is 0 Å². The molecule has 1 fully saturated rings. The summed E-state index contributed by atoms with van der Waals surface area (Å²) in [6.45, 7) is 0.137. The lowest BCUT2D eigenvalue weighted by Crippen LogP contribution is -2.14. The number of halogens is 2. The molecule has 0 spiro atoms. The van der Waals surface area contributed by atoms with Crippen molar-refractivity contribution in [2.45, 2.75) is 24.2 Å². The summed E-state index contributed by atoms with van der Waals surface area (Å²) in [6, 6.07) is 4.06. The third-order valence-electron chi connectivity index (χ3n) is 3.61. The summed E-state index contributed by atoms with van der Waals surface area (Å²) in [5.41, 5.74) is -0.683. The number of nitrogens with one attached hydrogen (secondary N) is 1. The van der Waals surface area contributed by atoms with E-state index in [2.05, 4.69) is 4.98 Å². The van der Waals surface area contributed by atoms with Crippen LogP contribution in [0.4, 0.5) is 4.39 Å². The van der Waals surface area contributed by atoms with Gasteiger partial charge in [0.2, 0.25) is 0 Å². The van der Waals surface area contributed by atoms with Crippen LogP contribution in [-0.4, -0.2) is 9.55 Å². The van der Waals surface area contributed by atoms with E-state index in [4.69, 9.17) is 27.9 Å². The first-order valence-electron chi connectivity index (χ1n) is 7.01. The molecule has 0 bridgehead atoms. The van der Waals surface area contributed by atoms with E-state index in [1.807, 2.05) is 0 Å². The van der Waals surface area contributed by atoms with Crippen molar-refractivity contribution in [1.29, 1.82) is 0 Å². The molecule has 2 nitrogen and oxygen atoms in total. The molecule has 1 aliphatic carbocycles. The molecule has 2 aliphatic rings. The topological polar surface area (TPSA) is 20.7 Å². The maximum absolute atomic E-state index is 14.3. The number of aromatic amines is 1. The molecular weight excluding hydrogens is 271 g/mol. The van der Waals surface area contributed by atoms with Crippen LogP contribution in [0.1, 0.15) is 27.6 Å². The minimum absolute atomic E-state index is 0.137. The molecule has 0 saturated heterocycles. The van der Waals surface area contributed by atoms with E-state index < -0.39 is 23.5 Å². The molecule has 1 aromatic heterocycles. The van der Waals surface area contributed by atoms with Crippen LogP contribution >= 0.6 is 23.8 Å². The molecule has 1 saturated carbocycles. The summed E-state index contributed by atoms with van der Waals surface area (Å²) in [7, 11) is 0. The second kappa shape index (κ2) is 3.25. The number of hydrogen-bond donors (Lipinski definition) is 1. The van der Waals surface area contributed by atoms with Gasteiger partial charge in [0.15, 0.2) is 4.77 Å². The van der Waals surface area contributed by atoms with Gasteiger partial charge in [-0.05, 0) is 42.4 Å². The highest BCUT2D eigenvalue weighted by atomic mass is 35.5. The monoisotopic (exact) mass is 283 g/mol. The number of nitrogens with zero attached hydrogens (tertiary/aromatic N) is 1. The second-order valence-corrected chi connectivity index (χ2v) is 5.42. The lowest BCUT2D eigenvalue weighted by molar-refractivity contribution is 0.530. The Kier molecular flexibility index (Phi) is 1.47. The lowest BCUT2D eigenvalue weighted by Gasteiger charge is -2.14. The molecule has 5 heteroatoms. The standard InChI is InChI=1S/C13H10ClFN2S/c14-7-1-2-10(15)8(3-7)13-4-9(13)11-5-16-12(18)17(11)6-13/h1-3,5,9H,4,6H2,(H,16,18)/i4D2,9D. The second-order valence-electron chi connectivity index (χ2n) is 4.59. The Morgan fingerprint density at radius 1 is 1.67 bits per heavy atom. The van der Waals surface area contributed by atoms with Crippen molar-refractivity contribution in [3.8, 4) is 0 Å². The van der Waals surface area contributed by atoms with Gasteiger partial charge >= 0.3 is 0 Å². The fourth-order valence-corrected chi connectivity index (χ4v) is 3.09. The van der Waals surface area contributed by atoms with Gasteiger partial charge in [-0.3, -0.25) is 0 Å². The van der Waals surface area contributed by atoms with Gasteiger partial charge in [0.25, 0.3) is 0 Å². The number of hydrogen-bond acceptors (Lipinski definition) is 1. The van der Waals surface area contributed by atoms with Crippen LogP contribution in [0, 0.1) is 10.6 Å². The maximum atomic E-state index is 14.3. The van der Waals surface area contributed by atoms with Crippen LogP contribution < -0.4 is 0 Å². The zero-order chi connectivity index (χ0) is 15.2. The SMILES string of the molecule is [2H]C1([2H])C2([2H])c3c[nH]c(=S)n3CC12c1cc(Cl)ccc1F. The first-order valence-corrected chi connectivity index (χ1v) is 6.30. The minimum atomic E-state index is -1.88. The van der Waals surface area contributed by atoms with Gasteiger partial charge in [0.1, 0.15) is 5.82 Å². The van der Waals surface area contributed by atoms with E-state index in [1.54, 1.807) is 10.8 Å². The average molecular weight is 284 g/mol. The van der Waals surface area contributed by atoms with Crippen molar-refractivity contribution >= 4 is 23.8 Å². The first kappa shape index (κ1) is 8.12. The molecule has 0 radical (unpaired) electrons. The summed E-state index contributed by atoms with van der Waals surface area (Å²) in [5, 5.41) is 0.326. The summed E-state index contributed by atoms with van der Waals surface area (Å²) in [6.07, 6.45) is -0.333. The van der Waals surface area contributed by atoms with Crippen molar-refractivity contribution in [3.63, 3.8) is 0 Å². The highest BCUT2D eigenvalue weighted by Gasteiger charge is 2.62. The molecule has 4 rings (SSSR count). The molecule has 0 amide bonds. The first-order chi connectivity index (χ1) is 9.77. The Bertz CT molecular complexity index is 848. The fourth-order valence-electron chi connectivity index (χ4n) is 2.69. The number of aromatic nitrogens is 2. The van der Waals surface area contributed by atoms with E-state index >= 15 is 0 Å². The summed E-state index contributed by atoms with van der Waals surface area (Å²) in [5.74, 6) is -2.10. The molecule has 2 aromatic rings. The molecule has 2 heterocycles. The molecule has 1 aromatic carbocycles. The average Bonchev–Trinajstić information content (AvgIpc) is 2.77. The number of rotatable bonds is 1. The number of fused-ring (bicyclic) bond motifs is 3. The summed E-state index contributed by atoms with van der Waals surface area (Å²) in [4.78, 5) is 2.83. The van der Waals surface area contributed by atoms with Crippen molar-refractivity contribution in [1.82, 2.24) is 9.55 Å². The molecule has 1 N–H and O–H groups in total. The van der Waals surface area contributed by atoms with Gasteiger partial charge in [0.05, 0.1) is 0 Å².